The van der Waals surface area contributed by atoms with Gasteiger partial charge in [-0.1, -0.05) is 96.2 Å². The lowest BCUT2D eigenvalue weighted by molar-refractivity contribution is 0.0755. The maximum atomic E-state index is 12.9. The summed E-state index contributed by atoms with van der Waals surface area (Å²) in [4.78, 5) is 14.5. The van der Waals surface area contributed by atoms with E-state index in [-0.39, 0.29) is 17.6 Å². The number of carbonyl (C=O) groups excluding carboxylic acids is 1. The van der Waals surface area contributed by atoms with Gasteiger partial charge in [-0.3, -0.25) is 4.79 Å². The predicted octanol–water partition coefficient (Wildman–Crippen LogP) is 4.11. The zero-order valence-corrected chi connectivity index (χ0v) is 18.0. The highest BCUT2D eigenvalue weighted by Gasteiger charge is 2.22. The van der Waals surface area contributed by atoms with E-state index in [9.17, 15) is 9.90 Å². The van der Waals surface area contributed by atoms with Crippen molar-refractivity contribution in [2.75, 3.05) is 13.6 Å². The van der Waals surface area contributed by atoms with Crippen LogP contribution in [0.3, 0.4) is 0 Å². The van der Waals surface area contributed by atoms with Crippen LogP contribution in [0.5, 0.6) is 0 Å². The van der Waals surface area contributed by atoms with Gasteiger partial charge in [0.05, 0.1) is 12.3 Å². The Bertz CT molecular complexity index is 1090. The van der Waals surface area contributed by atoms with Crippen LogP contribution >= 0.6 is 0 Å². The molecule has 0 fully saturated rings. The molecule has 1 heterocycles. The molecule has 6 heteroatoms. The van der Waals surface area contributed by atoms with Gasteiger partial charge in [0, 0.05) is 13.6 Å². The van der Waals surface area contributed by atoms with Crippen LogP contribution in [0.4, 0.5) is 0 Å². The molecule has 162 valence electrons. The Hall–Kier alpha value is -3.77. The van der Waals surface area contributed by atoms with Crippen LogP contribution in [0.2, 0.25) is 0 Å². The highest BCUT2D eigenvalue weighted by Crippen LogP contribution is 2.26. The third kappa shape index (κ3) is 4.92. The number of rotatable bonds is 8. The Labute approximate surface area is 187 Å². The number of hydrogen-bond acceptors (Lipinski definition) is 4. The molecule has 1 unspecified atom stereocenters. The topological polar surface area (TPSA) is 71.2 Å². The standard InChI is InChI=1S/C26H26N4O2/c1-29(18-17-24(31)20-11-5-2-6-12-20)26(32)23-19-30(28-27-23)25(21-13-7-3-8-14-21)22-15-9-4-10-16-22/h2-16,19,24-25,31H,17-18H2,1H3. The lowest BCUT2D eigenvalue weighted by Gasteiger charge is -2.19. The number of hydrogen-bond donors (Lipinski definition) is 1. The largest absolute Gasteiger partial charge is 0.388 e. The van der Waals surface area contributed by atoms with Crippen molar-refractivity contribution in [2.45, 2.75) is 18.6 Å². The summed E-state index contributed by atoms with van der Waals surface area (Å²) in [5.74, 6) is -0.226. The Morgan fingerprint density at radius 3 is 1.91 bits per heavy atom. The van der Waals surface area contributed by atoms with Gasteiger partial charge in [0.25, 0.3) is 5.91 Å². The summed E-state index contributed by atoms with van der Waals surface area (Å²) < 4.78 is 1.73. The summed E-state index contributed by atoms with van der Waals surface area (Å²) in [6.07, 6.45) is 1.51. The fraction of sp³-hybridized carbons (Fsp3) is 0.192. The number of carbonyl (C=O) groups is 1. The Kier molecular flexibility index (Phi) is 6.72. The van der Waals surface area contributed by atoms with Gasteiger partial charge in [-0.15, -0.1) is 5.10 Å². The molecule has 0 aliphatic carbocycles. The van der Waals surface area contributed by atoms with Crippen LogP contribution in [0, 0.1) is 0 Å². The minimum Gasteiger partial charge on any atom is -0.388 e. The summed E-state index contributed by atoms with van der Waals surface area (Å²) in [5, 5.41) is 18.8. The van der Waals surface area contributed by atoms with Crippen molar-refractivity contribution in [3.8, 4) is 0 Å². The second-order valence-corrected chi connectivity index (χ2v) is 7.75. The van der Waals surface area contributed by atoms with Crippen molar-refractivity contribution in [2.24, 2.45) is 0 Å². The molecule has 32 heavy (non-hydrogen) atoms. The highest BCUT2D eigenvalue weighted by molar-refractivity contribution is 5.91. The number of aliphatic hydroxyl groups is 1. The Morgan fingerprint density at radius 2 is 1.38 bits per heavy atom. The molecule has 1 amide bonds. The first kappa shape index (κ1) is 21.5. The molecule has 4 rings (SSSR count). The predicted molar refractivity (Wildman–Crippen MR) is 123 cm³/mol. The van der Waals surface area contributed by atoms with Crippen LogP contribution < -0.4 is 0 Å². The molecular weight excluding hydrogens is 400 g/mol. The van der Waals surface area contributed by atoms with E-state index in [1.807, 2.05) is 91.0 Å². The van der Waals surface area contributed by atoms with E-state index in [1.165, 1.54) is 0 Å². The highest BCUT2D eigenvalue weighted by atomic mass is 16.3. The van der Waals surface area contributed by atoms with Crippen molar-refractivity contribution in [1.29, 1.82) is 0 Å². The zero-order chi connectivity index (χ0) is 22.3. The van der Waals surface area contributed by atoms with Gasteiger partial charge < -0.3 is 10.0 Å². The molecule has 4 aromatic rings. The summed E-state index contributed by atoms with van der Waals surface area (Å²) in [5.41, 5.74) is 3.23. The molecule has 6 nitrogen and oxygen atoms in total. The molecule has 1 N–H and O–H groups in total. The van der Waals surface area contributed by atoms with Gasteiger partial charge in [0.1, 0.15) is 6.04 Å². The van der Waals surface area contributed by atoms with Gasteiger partial charge >= 0.3 is 0 Å². The Morgan fingerprint density at radius 1 is 0.875 bits per heavy atom. The second-order valence-electron chi connectivity index (χ2n) is 7.75. The third-order valence-electron chi connectivity index (χ3n) is 5.49. The van der Waals surface area contributed by atoms with Crippen LogP contribution in [0.15, 0.2) is 97.2 Å². The SMILES string of the molecule is CN(CCC(O)c1ccccc1)C(=O)c1cn(C(c2ccccc2)c2ccccc2)nn1. The minimum atomic E-state index is -0.623. The smallest absolute Gasteiger partial charge is 0.275 e. The number of aliphatic hydroxyl groups excluding tert-OH is 1. The fourth-order valence-electron chi connectivity index (χ4n) is 3.72. The van der Waals surface area contributed by atoms with E-state index in [2.05, 4.69) is 10.3 Å². The lowest BCUT2D eigenvalue weighted by atomic mass is 9.99. The molecule has 3 aromatic carbocycles. The van der Waals surface area contributed by atoms with Crippen molar-refractivity contribution in [1.82, 2.24) is 19.9 Å². The first-order valence-corrected chi connectivity index (χ1v) is 10.6. The van der Waals surface area contributed by atoms with Crippen LogP contribution in [0.25, 0.3) is 0 Å². The quantitative estimate of drug-likeness (QED) is 0.460. The maximum absolute atomic E-state index is 12.9. The zero-order valence-electron chi connectivity index (χ0n) is 18.0. The molecule has 1 aromatic heterocycles. The average molecular weight is 427 g/mol. The van der Waals surface area contributed by atoms with Crippen molar-refractivity contribution in [3.63, 3.8) is 0 Å². The first-order valence-electron chi connectivity index (χ1n) is 10.6. The summed E-state index contributed by atoms with van der Waals surface area (Å²) >= 11 is 0. The van der Waals surface area contributed by atoms with Crippen molar-refractivity contribution >= 4 is 5.91 Å². The monoisotopic (exact) mass is 426 g/mol. The van der Waals surface area contributed by atoms with Crippen LogP contribution in [-0.2, 0) is 0 Å². The van der Waals surface area contributed by atoms with E-state index in [0.717, 1.165) is 16.7 Å². The maximum Gasteiger partial charge on any atom is 0.275 e. The molecule has 1 atom stereocenters. The second kappa shape index (κ2) is 10.0. The van der Waals surface area contributed by atoms with Crippen molar-refractivity contribution < 1.29 is 9.90 Å². The molecule has 0 spiro atoms. The molecular formula is C26H26N4O2. The van der Waals surface area contributed by atoms with Gasteiger partial charge in [0.15, 0.2) is 5.69 Å². The molecule has 0 aliphatic heterocycles. The van der Waals surface area contributed by atoms with E-state index in [4.69, 9.17) is 0 Å². The van der Waals surface area contributed by atoms with Gasteiger partial charge in [0.2, 0.25) is 0 Å². The number of nitrogens with zero attached hydrogens (tertiary/aromatic N) is 4. The van der Waals surface area contributed by atoms with Crippen molar-refractivity contribution in [3.05, 3.63) is 120 Å². The summed E-state index contributed by atoms with van der Waals surface area (Å²) in [6, 6.07) is 29.3. The van der Waals surface area contributed by atoms with E-state index >= 15 is 0 Å². The lowest BCUT2D eigenvalue weighted by Crippen LogP contribution is -2.29. The van der Waals surface area contributed by atoms with E-state index < -0.39 is 6.10 Å². The average Bonchev–Trinajstić information content (AvgIpc) is 3.33. The van der Waals surface area contributed by atoms with Gasteiger partial charge in [-0.2, -0.15) is 0 Å². The van der Waals surface area contributed by atoms with Gasteiger partial charge in [-0.05, 0) is 23.1 Å². The fourth-order valence-corrected chi connectivity index (χ4v) is 3.72. The van der Waals surface area contributed by atoms with Gasteiger partial charge in [-0.25, -0.2) is 4.68 Å². The summed E-state index contributed by atoms with van der Waals surface area (Å²) in [6.45, 7) is 0.405. The molecule has 0 radical (unpaired) electrons. The normalized spacial score (nSPS) is 12.0. The molecule has 0 aliphatic rings. The Balaban J connectivity index is 1.49. The molecule has 0 saturated heterocycles. The molecule has 0 saturated carbocycles. The minimum absolute atomic E-state index is 0.184. The van der Waals surface area contributed by atoms with Crippen LogP contribution in [-0.4, -0.2) is 44.5 Å². The van der Waals surface area contributed by atoms with E-state index in [0.29, 0.717) is 13.0 Å². The van der Waals surface area contributed by atoms with Crippen LogP contribution in [0.1, 0.15) is 45.7 Å². The first-order chi connectivity index (χ1) is 15.6. The number of amides is 1. The third-order valence-corrected chi connectivity index (χ3v) is 5.49. The summed E-state index contributed by atoms with van der Waals surface area (Å²) in [7, 11) is 1.71. The van der Waals surface area contributed by atoms with E-state index in [1.54, 1.807) is 22.8 Å². The number of benzene rings is 3. The molecule has 0 bridgehead atoms. The number of aromatic nitrogens is 3.